The van der Waals surface area contributed by atoms with Gasteiger partial charge in [-0.2, -0.15) is 5.26 Å². The van der Waals surface area contributed by atoms with Crippen LogP contribution in [0.3, 0.4) is 0 Å². The number of imidazole rings is 1. The molecule has 0 saturated heterocycles. The van der Waals surface area contributed by atoms with Gasteiger partial charge >= 0.3 is 5.00 Å². The first-order chi connectivity index (χ1) is 10.6. The molecule has 0 unspecified atom stereocenters. The SMILES string of the molecule is Cn1c(C(C#N)=Cc2ccc([N+](=O)[O-])s2)nc2ccccc21. The second-order valence-electron chi connectivity index (χ2n) is 4.59. The zero-order chi connectivity index (χ0) is 15.7. The third-order valence-electron chi connectivity index (χ3n) is 3.23. The largest absolute Gasteiger partial charge is 0.327 e. The summed E-state index contributed by atoms with van der Waals surface area (Å²) in [6.07, 6.45) is 1.62. The molecule has 0 N–H and O–H groups in total. The van der Waals surface area contributed by atoms with Gasteiger partial charge in [0.15, 0.2) is 5.82 Å². The Balaban J connectivity index is 2.09. The van der Waals surface area contributed by atoms with Crippen molar-refractivity contribution in [3.63, 3.8) is 0 Å². The van der Waals surface area contributed by atoms with E-state index in [1.807, 2.05) is 35.9 Å². The zero-order valence-electron chi connectivity index (χ0n) is 11.6. The number of aryl methyl sites for hydroxylation is 1. The first kappa shape index (κ1) is 14.0. The molecule has 0 amide bonds. The van der Waals surface area contributed by atoms with Crippen LogP contribution < -0.4 is 0 Å². The Morgan fingerprint density at radius 2 is 2.18 bits per heavy atom. The Bertz CT molecular complexity index is 946. The molecular weight excluding hydrogens is 300 g/mol. The van der Waals surface area contributed by atoms with E-state index < -0.39 is 4.92 Å². The fraction of sp³-hybridized carbons (Fsp3) is 0.0667. The highest BCUT2D eigenvalue weighted by atomic mass is 32.1. The monoisotopic (exact) mass is 310 g/mol. The fourth-order valence-corrected chi connectivity index (χ4v) is 2.96. The van der Waals surface area contributed by atoms with Crippen LogP contribution in [0.4, 0.5) is 5.00 Å². The molecule has 0 radical (unpaired) electrons. The second kappa shape index (κ2) is 5.42. The molecule has 1 aromatic carbocycles. The van der Waals surface area contributed by atoms with Crippen molar-refractivity contribution in [3.05, 3.63) is 57.2 Å². The number of fused-ring (bicyclic) bond motifs is 1. The third kappa shape index (κ3) is 2.36. The van der Waals surface area contributed by atoms with E-state index >= 15 is 0 Å². The summed E-state index contributed by atoms with van der Waals surface area (Å²) in [5, 5.41) is 20.2. The van der Waals surface area contributed by atoms with E-state index in [4.69, 9.17) is 0 Å². The number of allylic oxidation sites excluding steroid dienone is 1. The van der Waals surface area contributed by atoms with Gasteiger partial charge in [-0.3, -0.25) is 10.1 Å². The van der Waals surface area contributed by atoms with Crippen molar-refractivity contribution >= 4 is 39.0 Å². The van der Waals surface area contributed by atoms with Crippen LogP contribution in [0.2, 0.25) is 0 Å². The second-order valence-corrected chi connectivity index (χ2v) is 5.68. The smallest absolute Gasteiger partial charge is 0.324 e. The van der Waals surface area contributed by atoms with Gasteiger partial charge in [-0.25, -0.2) is 4.98 Å². The molecule has 0 fully saturated rings. The average molecular weight is 310 g/mol. The highest BCUT2D eigenvalue weighted by molar-refractivity contribution is 7.16. The average Bonchev–Trinajstić information content (AvgIpc) is 3.11. The number of nitriles is 1. The van der Waals surface area contributed by atoms with Crippen molar-refractivity contribution < 1.29 is 4.92 Å². The molecule has 2 heterocycles. The lowest BCUT2D eigenvalue weighted by atomic mass is 10.2. The zero-order valence-corrected chi connectivity index (χ0v) is 12.4. The molecule has 108 valence electrons. The van der Waals surface area contributed by atoms with Crippen molar-refractivity contribution in [2.45, 2.75) is 0 Å². The maximum absolute atomic E-state index is 10.7. The quantitative estimate of drug-likeness (QED) is 0.420. The summed E-state index contributed by atoms with van der Waals surface area (Å²) in [5.41, 5.74) is 2.10. The van der Waals surface area contributed by atoms with Crippen LogP contribution in [0.25, 0.3) is 22.7 Å². The van der Waals surface area contributed by atoms with Gasteiger partial charge < -0.3 is 4.57 Å². The van der Waals surface area contributed by atoms with Crippen molar-refractivity contribution in [3.8, 4) is 6.07 Å². The highest BCUT2D eigenvalue weighted by Gasteiger charge is 2.14. The molecule has 7 heteroatoms. The Morgan fingerprint density at radius 1 is 1.41 bits per heavy atom. The van der Waals surface area contributed by atoms with Crippen molar-refractivity contribution in [2.24, 2.45) is 7.05 Å². The molecule has 0 aliphatic rings. The summed E-state index contributed by atoms with van der Waals surface area (Å²) >= 11 is 1.03. The molecule has 3 rings (SSSR count). The molecule has 0 aliphatic carbocycles. The van der Waals surface area contributed by atoms with E-state index in [0.717, 1.165) is 22.4 Å². The lowest BCUT2D eigenvalue weighted by molar-refractivity contribution is -0.380. The lowest BCUT2D eigenvalue weighted by Crippen LogP contribution is -1.95. The number of nitro groups is 1. The Morgan fingerprint density at radius 3 is 2.82 bits per heavy atom. The van der Waals surface area contributed by atoms with E-state index in [-0.39, 0.29) is 5.00 Å². The van der Waals surface area contributed by atoms with Crippen LogP contribution in [-0.4, -0.2) is 14.5 Å². The number of rotatable bonds is 3. The fourth-order valence-electron chi connectivity index (χ4n) is 2.19. The van der Waals surface area contributed by atoms with Crippen LogP contribution >= 0.6 is 11.3 Å². The maximum Gasteiger partial charge on any atom is 0.324 e. The number of aromatic nitrogens is 2. The molecular formula is C15H10N4O2S. The topological polar surface area (TPSA) is 84.8 Å². The summed E-state index contributed by atoms with van der Waals surface area (Å²) in [4.78, 5) is 15.4. The van der Waals surface area contributed by atoms with Gasteiger partial charge in [-0.05, 0) is 24.3 Å². The van der Waals surface area contributed by atoms with Gasteiger partial charge in [-0.15, -0.1) is 0 Å². The Hall–Kier alpha value is -2.98. The molecule has 6 nitrogen and oxygen atoms in total. The Kier molecular flexibility index (Phi) is 3.45. The van der Waals surface area contributed by atoms with E-state index in [9.17, 15) is 15.4 Å². The standard InChI is InChI=1S/C15H10N4O2S/c1-18-13-5-3-2-4-12(13)17-15(18)10(9-16)8-11-6-7-14(22-11)19(20)21/h2-8H,1H3. The van der Waals surface area contributed by atoms with E-state index in [1.54, 1.807) is 12.1 Å². The van der Waals surface area contributed by atoms with Gasteiger partial charge in [0.05, 0.1) is 21.5 Å². The van der Waals surface area contributed by atoms with Gasteiger partial charge in [0.25, 0.3) is 0 Å². The van der Waals surface area contributed by atoms with Gasteiger partial charge in [0, 0.05) is 18.0 Å². The van der Waals surface area contributed by atoms with Crippen LogP contribution in [0.15, 0.2) is 36.4 Å². The summed E-state index contributed by atoms with van der Waals surface area (Å²) in [6, 6.07) is 12.8. The van der Waals surface area contributed by atoms with Crippen LogP contribution in [-0.2, 0) is 7.05 Å². The van der Waals surface area contributed by atoms with E-state index in [1.165, 1.54) is 6.07 Å². The minimum atomic E-state index is -0.441. The summed E-state index contributed by atoms with van der Waals surface area (Å²) in [7, 11) is 1.84. The van der Waals surface area contributed by atoms with Crippen LogP contribution in [0, 0.1) is 21.4 Å². The first-order valence-corrected chi connectivity index (χ1v) is 7.19. The highest BCUT2D eigenvalue weighted by Crippen LogP contribution is 2.28. The molecule has 0 saturated carbocycles. The van der Waals surface area contributed by atoms with Crippen LogP contribution in [0.1, 0.15) is 10.7 Å². The van der Waals surface area contributed by atoms with Crippen molar-refractivity contribution in [1.29, 1.82) is 5.26 Å². The minimum absolute atomic E-state index is 0.0496. The van der Waals surface area contributed by atoms with Crippen molar-refractivity contribution in [1.82, 2.24) is 9.55 Å². The number of nitrogens with zero attached hydrogens (tertiary/aromatic N) is 4. The molecule has 0 aliphatic heterocycles. The van der Waals surface area contributed by atoms with E-state index in [2.05, 4.69) is 11.1 Å². The first-order valence-electron chi connectivity index (χ1n) is 6.38. The molecule has 2 aromatic heterocycles. The predicted molar refractivity (Wildman–Crippen MR) is 85.2 cm³/mol. The Labute approximate surface area is 129 Å². The molecule has 0 bridgehead atoms. The lowest BCUT2D eigenvalue weighted by Gasteiger charge is -1.99. The number of hydrogen-bond donors (Lipinski definition) is 0. The van der Waals surface area contributed by atoms with Crippen LogP contribution in [0.5, 0.6) is 0 Å². The molecule has 0 spiro atoms. The summed E-state index contributed by atoms with van der Waals surface area (Å²) < 4.78 is 1.84. The molecule has 22 heavy (non-hydrogen) atoms. The summed E-state index contributed by atoms with van der Waals surface area (Å²) in [5.74, 6) is 0.541. The van der Waals surface area contributed by atoms with Gasteiger partial charge in [0.1, 0.15) is 6.07 Å². The van der Waals surface area contributed by atoms with Crippen molar-refractivity contribution in [2.75, 3.05) is 0 Å². The number of thiophene rings is 1. The normalized spacial score (nSPS) is 11.5. The van der Waals surface area contributed by atoms with Gasteiger partial charge in [-0.1, -0.05) is 23.5 Å². The predicted octanol–water partition coefficient (Wildman–Crippen LogP) is 3.61. The number of hydrogen-bond acceptors (Lipinski definition) is 5. The molecule has 3 aromatic rings. The number of para-hydroxylation sites is 2. The van der Waals surface area contributed by atoms with Gasteiger partial charge in [0.2, 0.25) is 0 Å². The maximum atomic E-state index is 10.7. The van der Waals surface area contributed by atoms with E-state index in [0.29, 0.717) is 16.3 Å². The minimum Gasteiger partial charge on any atom is -0.327 e. The molecule has 0 atom stereocenters. The summed E-state index contributed by atoms with van der Waals surface area (Å²) in [6.45, 7) is 0. The number of benzene rings is 1. The third-order valence-corrected chi connectivity index (χ3v) is 4.21.